The van der Waals surface area contributed by atoms with Gasteiger partial charge in [-0.3, -0.25) is 0 Å². The maximum Gasteiger partial charge on any atom is 0.416 e. The molecule has 0 atom stereocenters. The summed E-state index contributed by atoms with van der Waals surface area (Å²) in [4.78, 5) is 0. The van der Waals surface area contributed by atoms with E-state index in [1.165, 1.54) is 12.1 Å². The minimum Gasteiger partial charge on any atom is -0.489 e. The van der Waals surface area contributed by atoms with E-state index in [-0.39, 0.29) is 0 Å². The highest BCUT2D eigenvalue weighted by molar-refractivity contribution is 9.10. The van der Waals surface area contributed by atoms with Gasteiger partial charge >= 0.3 is 6.18 Å². The SMILES string of the molecule is Cc1cc(/C=C(/C#N)c2ccc(C(F)(F)F)cc2)c(C)n1-c1ccc(OCc2ccc(Br)cc2)cc1. The summed E-state index contributed by atoms with van der Waals surface area (Å²) >= 11 is 3.42. The van der Waals surface area contributed by atoms with E-state index >= 15 is 0 Å². The lowest BCUT2D eigenvalue weighted by Crippen LogP contribution is -2.04. The number of nitriles is 1. The zero-order valence-electron chi connectivity index (χ0n) is 19.6. The van der Waals surface area contributed by atoms with Crippen molar-refractivity contribution in [1.82, 2.24) is 4.57 Å². The van der Waals surface area contributed by atoms with E-state index in [9.17, 15) is 18.4 Å². The molecule has 36 heavy (non-hydrogen) atoms. The van der Waals surface area contributed by atoms with Crippen LogP contribution in [0, 0.1) is 25.2 Å². The van der Waals surface area contributed by atoms with Crippen LogP contribution < -0.4 is 4.74 Å². The lowest BCUT2D eigenvalue weighted by atomic mass is 10.0. The number of halogens is 4. The number of allylic oxidation sites excluding steroid dienone is 1. The molecule has 0 saturated heterocycles. The number of hydrogen-bond donors (Lipinski definition) is 0. The minimum atomic E-state index is -4.42. The van der Waals surface area contributed by atoms with Gasteiger partial charge in [0.1, 0.15) is 12.4 Å². The van der Waals surface area contributed by atoms with Gasteiger partial charge < -0.3 is 9.30 Å². The van der Waals surface area contributed by atoms with Crippen LogP contribution in [0.1, 0.15) is 33.6 Å². The Morgan fingerprint density at radius 2 is 1.61 bits per heavy atom. The van der Waals surface area contributed by atoms with Gasteiger partial charge in [0.15, 0.2) is 0 Å². The van der Waals surface area contributed by atoms with Crippen LogP contribution in [0.5, 0.6) is 5.75 Å². The van der Waals surface area contributed by atoms with E-state index in [2.05, 4.69) is 26.6 Å². The molecule has 4 rings (SSSR count). The van der Waals surface area contributed by atoms with Crippen molar-refractivity contribution in [1.29, 1.82) is 5.26 Å². The largest absolute Gasteiger partial charge is 0.489 e. The lowest BCUT2D eigenvalue weighted by molar-refractivity contribution is -0.137. The number of alkyl halides is 3. The highest BCUT2D eigenvalue weighted by atomic mass is 79.9. The van der Waals surface area contributed by atoms with Gasteiger partial charge in [0, 0.05) is 21.5 Å². The van der Waals surface area contributed by atoms with Gasteiger partial charge in [0.2, 0.25) is 0 Å². The maximum absolute atomic E-state index is 12.9. The van der Waals surface area contributed by atoms with Crippen LogP contribution in [0.25, 0.3) is 17.3 Å². The van der Waals surface area contributed by atoms with E-state index in [0.29, 0.717) is 17.7 Å². The summed E-state index contributed by atoms with van der Waals surface area (Å²) in [5.41, 5.74) is 4.68. The molecule has 7 heteroatoms. The van der Waals surface area contributed by atoms with E-state index in [0.717, 1.165) is 50.6 Å². The molecule has 0 N–H and O–H groups in total. The van der Waals surface area contributed by atoms with Crippen molar-refractivity contribution in [3.63, 3.8) is 0 Å². The second-order valence-corrected chi connectivity index (χ2v) is 9.23. The first-order valence-corrected chi connectivity index (χ1v) is 11.9. The molecule has 4 aromatic rings. The second-order valence-electron chi connectivity index (χ2n) is 8.32. The molecule has 3 nitrogen and oxygen atoms in total. The Labute approximate surface area is 216 Å². The molecule has 3 aromatic carbocycles. The first-order valence-electron chi connectivity index (χ1n) is 11.1. The molecule has 0 saturated carbocycles. The fraction of sp³-hybridized carbons (Fsp3) is 0.138. The average molecular weight is 551 g/mol. The van der Waals surface area contributed by atoms with Gasteiger partial charge in [0.05, 0.1) is 17.2 Å². The summed E-state index contributed by atoms with van der Waals surface area (Å²) in [6.45, 7) is 4.37. The molecule has 0 aliphatic rings. The molecular formula is C29H22BrF3N2O. The van der Waals surface area contributed by atoms with Crippen molar-refractivity contribution in [2.75, 3.05) is 0 Å². The van der Waals surface area contributed by atoms with Gasteiger partial charge in [-0.1, -0.05) is 40.2 Å². The van der Waals surface area contributed by atoms with Crippen LogP contribution in [-0.4, -0.2) is 4.57 Å². The molecule has 0 aliphatic carbocycles. The Balaban J connectivity index is 1.55. The van der Waals surface area contributed by atoms with Crippen LogP contribution in [0.3, 0.4) is 0 Å². The third-order valence-corrected chi connectivity index (χ3v) is 6.36. The number of aromatic nitrogens is 1. The number of benzene rings is 3. The number of ether oxygens (including phenoxy) is 1. The summed E-state index contributed by atoms with van der Waals surface area (Å²) in [6.07, 6.45) is -2.71. The highest BCUT2D eigenvalue weighted by Crippen LogP contribution is 2.31. The Morgan fingerprint density at radius 3 is 2.19 bits per heavy atom. The molecule has 1 heterocycles. The minimum absolute atomic E-state index is 0.292. The summed E-state index contributed by atoms with van der Waals surface area (Å²) in [5, 5.41) is 9.67. The number of nitrogens with zero attached hydrogens (tertiary/aromatic N) is 2. The smallest absolute Gasteiger partial charge is 0.416 e. The van der Waals surface area contributed by atoms with Gasteiger partial charge in [-0.2, -0.15) is 18.4 Å². The Hall–Kier alpha value is -3.76. The third kappa shape index (κ3) is 5.72. The summed E-state index contributed by atoms with van der Waals surface area (Å²) in [6, 6.07) is 24.4. The molecule has 0 bridgehead atoms. The summed E-state index contributed by atoms with van der Waals surface area (Å²) in [5.74, 6) is 0.748. The van der Waals surface area contributed by atoms with E-state index in [4.69, 9.17) is 4.74 Å². The maximum atomic E-state index is 12.9. The van der Waals surface area contributed by atoms with Crippen LogP contribution >= 0.6 is 15.9 Å². The van der Waals surface area contributed by atoms with E-state index in [1.807, 2.05) is 68.4 Å². The third-order valence-electron chi connectivity index (χ3n) is 5.83. The molecule has 0 unspecified atom stereocenters. The highest BCUT2D eigenvalue weighted by Gasteiger charge is 2.30. The van der Waals surface area contributed by atoms with Crippen molar-refractivity contribution in [3.8, 4) is 17.5 Å². The molecule has 0 fully saturated rings. The molecule has 0 radical (unpaired) electrons. The zero-order chi connectivity index (χ0) is 25.9. The average Bonchev–Trinajstić information content (AvgIpc) is 3.14. The lowest BCUT2D eigenvalue weighted by Gasteiger charge is -2.12. The quantitative estimate of drug-likeness (QED) is 0.225. The Bertz CT molecular complexity index is 1430. The van der Waals surface area contributed by atoms with Gasteiger partial charge in [-0.25, -0.2) is 0 Å². The molecule has 0 aliphatic heterocycles. The predicted molar refractivity (Wildman–Crippen MR) is 139 cm³/mol. The van der Waals surface area contributed by atoms with E-state index in [1.54, 1.807) is 6.08 Å². The van der Waals surface area contributed by atoms with Crippen molar-refractivity contribution in [3.05, 3.63) is 117 Å². The van der Waals surface area contributed by atoms with Crippen molar-refractivity contribution in [2.45, 2.75) is 26.6 Å². The normalized spacial score (nSPS) is 11.9. The van der Waals surface area contributed by atoms with Crippen molar-refractivity contribution in [2.24, 2.45) is 0 Å². The fourth-order valence-corrected chi connectivity index (χ4v) is 4.21. The van der Waals surface area contributed by atoms with Crippen LogP contribution in [0.15, 0.2) is 83.3 Å². The van der Waals surface area contributed by atoms with Crippen molar-refractivity contribution < 1.29 is 17.9 Å². The molecule has 0 amide bonds. The van der Waals surface area contributed by atoms with Gasteiger partial charge in [-0.05, 0) is 91.2 Å². The number of aryl methyl sites for hydroxylation is 1. The fourth-order valence-electron chi connectivity index (χ4n) is 3.94. The van der Waals surface area contributed by atoms with Crippen LogP contribution in [0.4, 0.5) is 13.2 Å². The topological polar surface area (TPSA) is 38.0 Å². The number of rotatable bonds is 6. The zero-order valence-corrected chi connectivity index (χ0v) is 21.2. The summed E-state index contributed by atoms with van der Waals surface area (Å²) < 4.78 is 47.6. The Morgan fingerprint density at radius 1 is 0.972 bits per heavy atom. The standard InChI is InChI=1S/C29H22BrF3N2O/c1-19-15-23(16-24(17-34)22-5-7-25(8-6-22)29(31,32)33)20(2)35(19)27-11-13-28(14-12-27)36-18-21-3-9-26(30)10-4-21/h3-16H,18H2,1-2H3/b24-16-. The first-order chi connectivity index (χ1) is 17.2. The van der Waals surface area contributed by atoms with E-state index < -0.39 is 11.7 Å². The van der Waals surface area contributed by atoms with Gasteiger partial charge in [-0.15, -0.1) is 0 Å². The predicted octanol–water partition coefficient (Wildman–Crippen LogP) is 8.52. The van der Waals surface area contributed by atoms with Crippen molar-refractivity contribution >= 4 is 27.6 Å². The summed E-state index contributed by atoms with van der Waals surface area (Å²) in [7, 11) is 0. The van der Waals surface area contributed by atoms with Crippen LogP contribution in [0.2, 0.25) is 0 Å². The van der Waals surface area contributed by atoms with Gasteiger partial charge in [0.25, 0.3) is 0 Å². The number of hydrogen-bond acceptors (Lipinski definition) is 2. The monoisotopic (exact) mass is 550 g/mol. The molecule has 0 spiro atoms. The first kappa shape index (κ1) is 25.3. The molecule has 1 aromatic heterocycles. The Kier molecular flexibility index (Phi) is 7.37. The molecular weight excluding hydrogens is 529 g/mol. The second kappa shape index (κ2) is 10.5. The molecule has 182 valence electrons. The van der Waals surface area contributed by atoms with Crippen LogP contribution in [-0.2, 0) is 12.8 Å².